The average molecular weight is 284 g/mol. The lowest BCUT2D eigenvalue weighted by Crippen LogP contribution is -2.29. The van der Waals surface area contributed by atoms with Gasteiger partial charge in [-0.2, -0.15) is 0 Å². The van der Waals surface area contributed by atoms with Gasteiger partial charge in [-0.25, -0.2) is 0 Å². The van der Waals surface area contributed by atoms with Crippen molar-refractivity contribution < 1.29 is 14.7 Å². The topological polar surface area (TPSA) is 84.8 Å². The molecule has 0 heterocycles. The lowest BCUT2D eigenvalue weighted by atomic mass is 10.3. The Morgan fingerprint density at radius 2 is 0.667 bits per heavy atom. The van der Waals surface area contributed by atoms with Gasteiger partial charge in [0.1, 0.15) is 0 Å². The Labute approximate surface area is 114 Å². The predicted molar refractivity (Wildman–Crippen MR) is 80.4 cm³/mol. The maximum absolute atomic E-state index is 7.23. The molecule has 0 aliphatic heterocycles. The molecule has 5 nitrogen and oxygen atoms in total. The van der Waals surface area contributed by atoms with Gasteiger partial charge in [0.05, 0.1) is 0 Å². The third-order valence-electron chi connectivity index (χ3n) is 1.33. The Hall–Kier alpha value is 0.230. The molecule has 18 heavy (non-hydrogen) atoms. The van der Waals surface area contributed by atoms with E-state index < -0.39 is 8.60 Å². The maximum atomic E-state index is 7.23. The van der Waals surface area contributed by atoms with Crippen molar-refractivity contribution in [1.29, 1.82) is 0 Å². The Morgan fingerprint density at radius 1 is 0.556 bits per heavy atom. The quantitative estimate of drug-likeness (QED) is 0.510. The molecule has 0 aromatic carbocycles. The molecule has 0 amide bonds. The summed E-state index contributed by atoms with van der Waals surface area (Å²) in [6.45, 7) is 17.2. The predicted octanol–water partition coefficient (Wildman–Crippen LogP) is 1.98. The fraction of sp³-hybridized carbons (Fsp3) is 1.00. The van der Waals surface area contributed by atoms with E-state index in [4.69, 9.17) is 14.7 Å². The fourth-order valence-electron chi connectivity index (χ4n) is 1.33. The number of hydrogen-bond acceptors (Lipinski definition) is 5. The number of rotatable bonds is 4. The van der Waals surface area contributed by atoms with Gasteiger partial charge in [0, 0.05) is 24.2 Å². The van der Waals surface area contributed by atoms with Gasteiger partial charge in [0.2, 0.25) is 0 Å². The van der Waals surface area contributed by atoms with E-state index in [0.717, 1.165) is 0 Å². The first-order chi connectivity index (χ1) is 7.98. The summed E-state index contributed by atoms with van der Waals surface area (Å²) in [5.74, 6) is 0. The molecule has 0 aromatic rings. The van der Waals surface area contributed by atoms with Gasteiger partial charge < -0.3 is 25.3 Å². The Bertz CT molecular complexity index is 126. The third-order valence-corrected chi connectivity index (χ3v) is 1.33. The summed E-state index contributed by atoms with van der Waals surface area (Å²) in [5, 5.41) is 6.61. The molecule has 0 saturated carbocycles. The van der Waals surface area contributed by atoms with Crippen molar-refractivity contribution in [1.82, 2.24) is 10.6 Å². The first-order valence-electron chi connectivity index (χ1n) is 6.37. The minimum atomic E-state index is -2.62. The van der Waals surface area contributed by atoms with Crippen LogP contribution in [0.5, 0.6) is 0 Å². The summed E-state index contributed by atoms with van der Waals surface area (Å²) in [5.41, 5.74) is 0. The summed E-state index contributed by atoms with van der Waals surface area (Å²) in [7, 11) is -2.62. The second-order valence-corrected chi connectivity index (χ2v) is 5.76. The van der Waals surface area contributed by atoms with Crippen LogP contribution in [0.25, 0.3) is 0 Å². The summed E-state index contributed by atoms with van der Waals surface area (Å²) in [4.78, 5) is 21.7. The van der Waals surface area contributed by atoms with Gasteiger partial charge in [-0.15, -0.1) is 0 Å². The summed E-state index contributed by atoms with van der Waals surface area (Å²) in [6.07, 6.45) is 0. The normalized spacial score (nSPS) is 10.7. The van der Waals surface area contributed by atoms with Gasteiger partial charge >= 0.3 is 8.60 Å². The van der Waals surface area contributed by atoms with Crippen LogP contribution >= 0.6 is 8.60 Å². The Balaban J connectivity index is -0.000000196. The van der Waals surface area contributed by atoms with Gasteiger partial charge in [-0.05, 0) is 0 Å². The first kappa shape index (κ1) is 23.3. The highest BCUT2D eigenvalue weighted by Gasteiger charge is 1.93. The molecule has 0 atom stereocenters. The van der Waals surface area contributed by atoms with Crippen molar-refractivity contribution in [2.75, 3.05) is 0 Å². The van der Waals surface area contributed by atoms with Crippen LogP contribution in [0.3, 0.4) is 0 Å². The van der Waals surface area contributed by atoms with E-state index in [-0.39, 0.29) is 0 Å². The fourth-order valence-corrected chi connectivity index (χ4v) is 1.33. The molecular formula is C12H33N2O3P. The van der Waals surface area contributed by atoms with E-state index in [1.54, 1.807) is 0 Å². The smallest absolute Gasteiger partial charge is 0.324 e. The molecule has 0 fully saturated rings. The van der Waals surface area contributed by atoms with Crippen LogP contribution < -0.4 is 10.6 Å². The molecule has 0 aliphatic rings. The van der Waals surface area contributed by atoms with E-state index in [2.05, 4.69) is 66.0 Å². The Kier molecular flexibility index (Phi) is 19.8. The van der Waals surface area contributed by atoms with E-state index >= 15 is 0 Å². The highest BCUT2D eigenvalue weighted by molar-refractivity contribution is 7.38. The van der Waals surface area contributed by atoms with Gasteiger partial charge in [-0.1, -0.05) is 55.4 Å². The highest BCUT2D eigenvalue weighted by atomic mass is 31.2. The van der Waals surface area contributed by atoms with Crippen molar-refractivity contribution >= 4 is 8.60 Å². The van der Waals surface area contributed by atoms with Crippen molar-refractivity contribution in [3.8, 4) is 0 Å². The molecule has 0 radical (unpaired) electrons. The number of hydrogen-bond donors (Lipinski definition) is 5. The van der Waals surface area contributed by atoms with Crippen molar-refractivity contribution in [2.24, 2.45) is 0 Å². The van der Waals surface area contributed by atoms with Gasteiger partial charge in [0.25, 0.3) is 0 Å². The second-order valence-electron chi connectivity index (χ2n) is 5.22. The van der Waals surface area contributed by atoms with Gasteiger partial charge in [-0.3, -0.25) is 0 Å². The van der Waals surface area contributed by atoms with Crippen molar-refractivity contribution in [2.45, 2.75) is 79.6 Å². The van der Waals surface area contributed by atoms with Crippen molar-refractivity contribution in [3.05, 3.63) is 0 Å². The van der Waals surface area contributed by atoms with Crippen LogP contribution in [0.2, 0.25) is 0 Å². The maximum Gasteiger partial charge on any atom is 0.324 e. The molecule has 0 saturated heterocycles. The van der Waals surface area contributed by atoms with Crippen LogP contribution in [0, 0.1) is 0 Å². The molecular weight excluding hydrogens is 251 g/mol. The molecule has 0 aromatic heterocycles. The summed E-state index contributed by atoms with van der Waals surface area (Å²) in [6, 6.07) is 2.50. The first-order valence-corrected chi connectivity index (χ1v) is 7.57. The van der Waals surface area contributed by atoms with E-state index in [1.807, 2.05) is 0 Å². The largest absolute Gasteiger partial charge is 0.328 e. The monoisotopic (exact) mass is 284 g/mol. The zero-order chi connectivity index (χ0) is 15.3. The van der Waals surface area contributed by atoms with Crippen LogP contribution in [-0.2, 0) is 0 Å². The molecule has 0 bridgehead atoms. The molecule has 0 unspecified atom stereocenters. The molecule has 6 heteroatoms. The minimum Gasteiger partial charge on any atom is -0.328 e. The van der Waals surface area contributed by atoms with Crippen LogP contribution in [0.4, 0.5) is 0 Å². The minimum absolute atomic E-state index is 0.625. The molecule has 114 valence electrons. The van der Waals surface area contributed by atoms with Crippen molar-refractivity contribution in [3.63, 3.8) is 0 Å². The molecule has 0 spiro atoms. The van der Waals surface area contributed by atoms with E-state index in [0.29, 0.717) is 24.2 Å². The van der Waals surface area contributed by atoms with Crippen LogP contribution in [-0.4, -0.2) is 38.8 Å². The van der Waals surface area contributed by atoms with Crippen LogP contribution in [0.1, 0.15) is 55.4 Å². The molecule has 5 N–H and O–H groups in total. The third kappa shape index (κ3) is 55.6. The Morgan fingerprint density at radius 3 is 0.667 bits per heavy atom. The second kappa shape index (κ2) is 15.3. The van der Waals surface area contributed by atoms with Crippen LogP contribution in [0.15, 0.2) is 0 Å². The lowest BCUT2D eigenvalue weighted by molar-refractivity contribution is 0.368. The average Bonchev–Trinajstić information content (AvgIpc) is 1.96. The number of nitrogens with one attached hydrogen (secondary N) is 2. The summed E-state index contributed by atoms with van der Waals surface area (Å²) >= 11 is 0. The molecule has 0 rings (SSSR count). The lowest BCUT2D eigenvalue weighted by Gasteiger charge is -2.10. The molecule has 0 aliphatic carbocycles. The van der Waals surface area contributed by atoms with E-state index in [1.165, 1.54) is 0 Å². The summed E-state index contributed by atoms with van der Waals surface area (Å²) < 4.78 is 0. The zero-order valence-electron chi connectivity index (χ0n) is 13.1. The van der Waals surface area contributed by atoms with Gasteiger partial charge in [0.15, 0.2) is 0 Å². The standard InChI is InChI=1S/2C6H15N.H3O3P/c2*1-5(2)7-6(3)4;1-4(2)3/h2*5-7H,1-4H3;1-3H. The SMILES string of the molecule is CC(C)NC(C)C.CC(C)NC(C)C.OP(O)O. The van der Waals surface area contributed by atoms with E-state index in [9.17, 15) is 0 Å². The zero-order valence-corrected chi connectivity index (χ0v) is 14.0. The highest BCUT2D eigenvalue weighted by Crippen LogP contribution is 2.11.